The van der Waals surface area contributed by atoms with Crippen molar-refractivity contribution in [3.63, 3.8) is 0 Å². The minimum atomic E-state index is -0.486. The van der Waals surface area contributed by atoms with E-state index in [1.165, 1.54) is 5.57 Å². The molecule has 1 aromatic rings. The minimum Gasteiger partial charge on any atom is -0.487 e. The molecule has 1 amide bonds. The number of hydrogen-bond donors (Lipinski definition) is 0. The third-order valence-corrected chi connectivity index (χ3v) is 7.45. The van der Waals surface area contributed by atoms with Crippen molar-refractivity contribution in [1.29, 1.82) is 0 Å². The number of amides is 1. The van der Waals surface area contributed by atoms with Crippen molar-refractivity contribution in [3.05, 3.63) is 41.5 Å². The number of likely N-dealkylation sites (tertiary alicyclic amines) is 1. The Labute approximate surface area is 199 Å². The normalized spacial score (nSPS) is 31.3. The van der Waals surface area contributed by atoms with Crippen LogP contribution in [0.2, 0.25) is 0 Å². The Morgan fingerprint density at radius 2 is 2.03 bits per heavy atom. The molecule has 3 aliphatic heterocycles. The van der Waals surface area contributed by atoms with Crippen LogP contribution in [0.1, 0.15) is 85.3 Å². The van der Waals surface area contributed by atoms with Crippen LogP contribution in [0.5, 0.6) is 5.75 Å². The summed E-state index contributed by atoms with van der Waals surface area (Å²) in [5.41, 5.74) is 1.65. The Kier molecular flexibility index (Phi) is 6.56. The highest BCUT2D eigenvalue weighted by Crippen LogP contribution is 2.56. The standard InChI is InChI=1S/C28H41NO4/c1-20(2)11-9-14-27(6)22-17-28(15-10-16-29(18-28)25(30)33-26(3,4)5)19-31-24(22)21-12-7-8-13-23(21)32-27/h7-8,11-13,22,24H,9-10,14-19H2,1-6H3/t22-,24+,27+,28?/m0/s1. The van der Waals surface area contributed by atoms with Gasteiger partial charge < -0.3 is 19.1 Å². The first-order valence-electron chi connectivity index (χ1n) is 12.5. The molecule has 3 aliphatic rings. The number of piperidine rings is 1. The summed E-state index contributed by atoms with van der Waals surface area (Å²) >= 11 is 0. The topological polar surface area (TPSA) is 48.0 Å². The van der Waals surface area contributed by atoms with Crippen LogP contribution in [0.25, 0.3) is 0 Å². The number of hydrogen-bond acceptors (Lipinski definition) is 4. The van der Waals surface area contributed by atoms with E-state index in [2.05, 4.69) is 45.0 Å². The largest absolute Gasteiger partial charge is 0.487 e. The maximum Gasteiger partial charge on any atom is 0.410 e. The van der Waals surface area contributed by atoms with E-state index < -0.39 is 5.60 Å². The molecule has 2 saturated heterocycles. The molecule has 4 atom stereocenters. The van der Waals surface area contributed by atoms with E-state index in [9.17, 15) is 4.79 Å². The zero-order valence-electron chi connectivity index (χ0n) is 21.3. The fourth-order valence-corrected chi connectivity index (χ4v) is 5.85. The van der Waals surface area contributed by atoms with Crippen LogP contribution in [0, 0.1) is 11.3 Å². The average Bonchev–Trinajstić information content (AvgIpc) is 2.73. The van der Waals surface area contributed by atoms with Crippen molar-refractivity contribution in [2.75, 3.05) is 19.7 Å². The predicted octanol–water partition coefficient (Wildman–Crippen LogP) is 6.68. The molecule has 0 saturated carbocycles. The predicted molar refractivity (Wildman–Crippen MR) is 130 cm³/mol. The number of para-hydroxylation sites is 1. The fourth-order valence-electron chi connectivity index (χ4n) is 5.85. The van der Waals surface area contributed by atoms with Gasteiger partial charge in [0.25, 0.3) is 0 Å². The van der Waals surface area contributed by atoms with Crippen LogP contribution in [0.3, 0.4) is 0 Å². The molecule has 182 valence electrons. The number of fused-ring (bicyclic) bond motifs is 3. The molecule has 1 unspecified atom stereocenters. The number of ether oxygens (including phenoxy) is 3. The average molecular weight is 456 g/mol. The van der Waals surface area contributed by atoms with Gasteiger partial charge in [0.05, 0.1) is 12.7 Å². The van der Waals surface area contributed by atoms with Crippen molar-refractivity contribution in [3.8, 4) is 5.75 Å². The number of nitrogens with zero attached hydrogens (tertiary/aromatic N) is 1. The lowest BCUT2D eigenvalue weighted by Crippen LogP contribution is -2.57. The van der Waals surface area contributed by atoms with Gasteiger partial charge in [0.1, 0.15) is 17.0 Å². The molecule has 0 N–H and O–H groups in total. The highest BCUT2D eigenvalue weighted by Gasteiger charge is 2.54. The summed E-state index contributed by atoms with van der Waals surface area (Å²) < 4.78 is 19.1. The molecular formula is C28H41NO4. The summed E-state index contributed by atoms with van der Waals surface area (Å²) in [5, 5.41) is 0. The number of carbonyl (C=O) groups is 1. The van der Waals surface area contributed by atoms with Gasteiger partial charge in [-0.1, -0.05) is 29.8 Å². The molecule has 0 aliphatic carbocycles. The van der Waals surface area contributed by atoms with Crippen molar-refractivity contribution in [2.45, 2.75) is 91.0 Å². The molecule has 1 spiro atoms. The van der Waals surface area contributed by atoms with E-state index in [0.29, 0.717) is 13.2 Å². The van der Waals surface area contributed by atoms with E-state index in [-0.39, 0.29) is 29.1 Å². The molecule has 0 aromatic heterocycles. The van der Waals surface area contributed by atoms with Crippen molar-refractivity contribution < 1.29 is 19.0 Å². The van der Waals surface area contributed by atoms with Gasteiger partial charge in [-0.05, 0) is 79.7 Å². The lowest BCUT2D eigenvalue weighted by molar-refractivity contribution is -0.180. The van der Waals surface area contributed by atoms with Crippen molar-refractivity contribution >= 4 is 6.09 Å². The lowest BCUT2D eigenvalue weighted by Gasteiger charge is -2.55. The first kappa shape index (κ1) is 24.1. The Hall–Kier alpha value is -2.01. The minimum absolute atomic E-state index is 0.0363. The lowest BCUT2D eigenvalue weighted by atomic mass is 9.64. The van der Waals surface area contributed by atoms with Crippen LogP contribution >= 0.6 is 0 Å². The van der Waals surface area contributed by atoms with Crippen molar-refractivity contribution in [1.82, 2.24) is 4.90 Å². The van der Waals surface area contributed by atoms with Crippen LogP contribution in [0.15, 0.2) is 35.9 Å². The van der Waals surface area contributed by atoms with Crippen LogP contribution in [-0.4, -0.2) is 41.9 Å². The molecule has 3 heterocycles. The smallest absolute Gasteiger partial charge is 0.410 e. The number of allylic oxidation sites excluding steroid dienone is 2. The third-order valence-electron chi connectivity index (χ3n) is 7.45. The van der Waals surface area contributed by atoms with Crippen molar-refractivity contribution in [2.24, 2.45) is 11.3 Å². The third kappa shape index (κ3) is 5.24. The maximum absolute atomic E-state index is 12.9. The Morgan fingerprint density at radius 3 is 2.76 bits per heavy atom. The molecule has 5 nitrogen and oxygen atoms in total. The molecule has 2 fully saturated rings. The molecule has 33 heavy (non-hydrogen) atoms. The summed E-state index contributed by atoms with van der Waals surface area (Å²) in [5.74, 6) is 1.19. The molecule has 1 aromatic carbocycles. The Morgan fingerprint density at radius 1 is 1.27 bits per heavy atom. The van der Waals surface area contributed by atoms with E-state index in [1.807, 2.05) is 31.7 Å². The van der Waals surface area contributed by atoms with Gasteiger partial charge in [0.15, 0.2) is 0 Å². The van der Waals surface area contributed by atoms with E-state index in [0.717, 1.165) is 50.0 Å². The van der Waals surface area contributed by atoms with Gasteiger partial charge in [-0.3, -0.25) is 0 Å². The monoisotopic (exact) mass is 455 g/mol. The van der Waals surface area contributed by atoms with Crippen LogP contribution in [-0.2, 0) is 9.47 Å². The molecule has 5 heteroatoms. The summed E-state index contributed by atoms with van der Waals surface area (Å²) in [6.07, 6.45) is 7.11. The second-order valence-electron chi connectivity index (χ2n) is 11.8. The highest BCUT2D eigenvalue weighted by atomic mass is 16.6. The SMILES string of the molecule is CC(C)=CCC[C@@]1(C)Oc2ccccc2[C@H]2OCC3(CCCN(C(=O)OC(C)(C)C)C3)C[C@@H]21. The van der Waals surface area contributed by atoms with E-state index in [1.54, 1.807) is 0 Å². The number of benzene rings is 1. The summed E-state index contributed by atoms with van der Waals surface area (Å²) in [7, 11) is 0. The zero-order chi connectivity index (χ0) is 23.9. The zero-order valence-corrected chi connectivity index (χ0v) is 21.3. The molecular weight excluding hydrogens is 414 g/mol. The van der Waals surface area contributed by atoms with E-state index in [4.69, 9.17) is 14.2 Å². The second kappa shape index (κ2) is 8.98. The van der Waals surface area contributed by atoms with Crippen LogP contribution < -0.4 is 4.74 Å². The maximum atomic E-state index is 12.9. The highest BCUT2D eigenvalue weighted by molar-refractivity contribution is 5.68. The Balaban J connectivity index is 1.59. The van der Waals surface area contributed by atoms with Gasteiger partial charge in [0.2, 0.25) is 0 Å². The molecule has 0 bridgehead atoms. The second-order valence-corrected chi connectivity index (χ2v) is 11.8. The quantitative estimate of drug-likeness (QED) is 0.477. The first-order chi connectivity index (χ1) is 15.5. The summed E-state index contributed by atoms with van der Waals surface area (Å²) in [4.78, 5) is 14.7. The summed E-state index contributed by atoms with van der Waals surface area (Å²) in [6, 6.07) is 8.33. The van der Waals surface area contributed by atoms with Gasteiger partial charge in [-0.25, -0.2) is 4.79 Å². The summed E-state index contributed by atoms with van der Waals surface area (Å²) in [6.45, 7) is 14.4. The fraction of sp³-hybridized carbons (Fsp3) is 0.679. The van der Waals surface area contributed by atoms with Gasteiger partial charge in [-0.2, -0.15) is 0 Å². The van der Waals surface area contributed by atoms with Crippen LogP contribution in [0.4, 0.5) is 4.79 Å². The Bertz CT molecular complexity index is 899. The van der Waals surface area contributed by atoms with Gasteiger partial charge in [0, 0.05) is 30.0 Å². The molecule has 0 radical (unpaired) electrons. The molecule has 4 rings (SSSR count). The van der Waals surface area contributed by atoms with Gasteiger partial charge in [-0.15, -0.1) is 0 Å². The van der Waals surface area contributed by atoms with Gasteiger partial charge >= 0.3 is 6.09 Å². The number of rotatable bonds is 3. The number of carbonyl (C=O) groups excluding carboxylic acids is 1. The van der Waals surface area contributed by atoms with E-state index >= 15 is 0 Å². The first-order valence-corrected chi connectivity index (χ1v) is 12.5.